The van der Waals surface area contributed by atoms with Gasteiger partial charge in [-0.15, -0.1) is 11.6 Å². The molecule has 0 spiro atoms. The highest BCUT2D eigenvalue weighted by Gasteiger charge is 2.00. The van der Waals surface area contributed by atoms with E-state index >= 15 is 0 Å². The van der Waals surface area contributed by atoms with Gasteiger partial charge in [0.25, 0.3) is 0 Å². The summed E-state index contributed by atoms with van der Waals surface area (Å²) in [6.45, 7) is 0.428. The highest BCUT2D eigenvalue weighted by Crippen LogP contribution is 2.02. The van der Waals surface area contributed by atoms with Crippen molar-refractivity contribution in [3.05, 3.63) is 35.4 Å². The Hall–Kier alpha value is -1.35. The molecule has 1 rings (SSSR count). The van der Waals surface area contributed by atoms with Crippen LogP contribution in [0.15, 0.2) is 24.3 Å². The number of rotatable bonds is 5. The van der Waals surface area contributed by atoms with E-state index in [1.807, 2.05) is 6.07 Å². The van der Waals surface area contributed by atoms with Crippen molar-refractivity contribution in [1.82, 2.24) is 5.32 Å². The average Bonchev–Trinajstić information content (AvgIpc) is 2.27. The summed E-state index contributed by atoms with van der Waals surface area (Å²) in [6, 6.07) is 7.10. The average molecular weight is 226 g/mol. The fraction of sp³-hybridized carbons (Fsp3) is 0.273. The van der Waals surface area contributed by atoms with Gasteiger partial charge in [-0.05, 0) is 11.6 Å². The van der Waals surface area contributed by atoms with Crippen LogP contribution >= 0.6 is 11.6 Å². The monoisotopic (exact) mass is 225 g/mol. The largest absolute Gasteiger partial charge is 0.352 e. The van der Waals surface area contributed by atoms with Crippen molar-refractivity contribution in [1.29, 1.82) is 0 Å². The van der Waals surface area contributed by atoms with E-state index in [0.29, 0.717) is 24.4 Å². The molecular weight excluding hydrogens is 214 g/mol. The van der Waals surface area contributed by atoms with Crippen molar-refractivity contribution < 1.29 is 9.59 Å². The molecule has 0 saturated carbocycles. The second-order valence-corrected chi connectivity index (χ2v) is 3.46. The Morgan fingerprint density at radius 1 is 1.47 bits per heavy atom. The molecule has 0 bridgehead atoms. The van der Waals surface area contributed by atoms with Crippen molar-refractivity contribution in [2.24, 2.45) is 0 Å². The summed E-state index contributed by atoms with van der Waals surface area (Å²) in [5, 5.41) is 2.71. The summed E-state index contributed by atoms with van der Waals surface area (Å²) in [7, 11) is 0. The first-order chi connectivity index (χ1) is 7.26. The molecule has 1 N–H and O–H groups in total. The quantitative estimate of drug-likeness (QED) is 0.613. The lowest BCUT2D eigenvalue weighted by atomic mass is 10.1. The molecule has 0 unspecified atom stereocenters. The van der Waals surface area contributed by atoms with Gasteiger partial charge in [0.15, 0.2) is 0 Å². The van der Waals surface area contributed by atoms with Crippen LogP contribution in [0.5, 0.6) is 0 Å². The molecule has 0 atom stereocenters. The van der Waals surface area contributed by atoms with Crippen LogP contribution in [0.3, 0.4) is 0 Å². The third-order valence-corrected chi connectivity index (χ3v) is 2.09. The number of benzene rings is 1. The molecule has 1 aromatic carbocycles. The fourth-order valence-electron chi connectivity index (χ4n) is 1.15. The molecule has 1 amide bonds. The van der Waals surface area contributed by atoms with Crippen LogP contribution in [-0.2, 0) is 11.3 Å². The maximum absolute atomic E-state index is 11.1. The fourth-order valence-corrected chi connectivity index (χ4v) is 1.32. The number of nitrogens with one attached hydrogen (secondary N) is 1. The van der Waals surface area contributed by atoms with Crippen LogP contribution in [0.1, 0.15) is 22.3 Å². The first-order valence-electron chi connectivity index (χ1n) is 4.63. The number of carbonyl (C=O) groups excluding carboxylic acids is 2. The molecule has 0 radical (unpaired) electrons. The predicted molar refractivity (Wildman–Crippen MR) is 59.0 cm³/mol. The molecule has 1 aromatic rings. The molecule has 80 valence electrons. The first-order valence-corrected chi connectivity index (χ1v) is 5.16. The van der Waals surface area contributed by atoms with E-state index in [1.54, 1.807) is 18.2 Å². The molecule has 0 fully saturated rings. The van der Waals surface area contributed by atoms with Crippen LogP contribution in [-0.4, -0.2) is 18.1 Å². The third-order valence-electron chi connectivity index (χ3n) is 1.90. The molecule has 0 aromatic heterocycles. The van der Waals surface area contributed by atoms with E-state index in [2.05, 4.69) is 5.32 Å². The molecular formula is C11H12ClNO2. The zero-order chi connectivity index (χ0) is 11.1. The molecule has 4 heteroatoms. The number of amides is 1. The molecule has 0 aliphatic rings. The predicted octanol–water partition coefficient (Wildman–Crippen LogP) is 1.74. The number of alkyl halides is 1. The Morgan fingerprint density at radius 3 is 2.93 bits per heavy atom. The van der Waals surface area contributed by atoms with Crippen LogP contribution in [0.4, 0.5) is 0 Å². The van der Waals surface area contributed by atoms with Crippen molar-refractivity contribution in [2.75, 3.05) is 5.88 Å². The normalized spacial score (nSPS) is 9.67. The summed E-state index contributed by atoms with van der Waals surface area (Å²) < 4.78 is 0. The van der Waals surface area contributed by atoms with E-state index in [0.717, 1.165) is 11.8 Å². The minimum Gasteiger partial charge on any atom is -0.352 e. The number of carbonyl (C=O) groups is 2. The minimum absolute atomic E-state index is 0.0819. The van der Waals surface area contributed by atoms with Crippen LogP contribution in [0.25, 0.3) is 0 Å². The zero-order valence-electron chi connectivity index (χ0n) is 8.20. The van der Waals surface area contributed by atoms with Crippen LogP contribution in [0, 0.1) is 0 Å². The standard InChI is InChI=1S/C11H12ClNO2/c12-5-4-11(15)13-7-9-2-1-3-10(6-9)8-14/h1-3,6,8H,4-5,7H2,(H,13,15). The lowest BCUT2D eigenvalue weighted by Crippen LogP contribution is -2.22. The van der Waals surface area contributed by atoms with Gasteiger partial charge in [0, 0.05) is 24.4 Å². The highest BCUT2D eigenvalue weighted by atomic mass is 35.5. The lowest BCUT2D eigenvalue weighted by molar-refractivity contribution is -0.120. The number of aldehydes is 1. The molecule has 0 aliphatic carbocycles. The molecule has 0 heterocycles. The molecule has 0 saturated heterocycles. The second-order valence-electron chi connectivity index (χ2n) is 3.08. The summed E-state index contributed by atoms with van der Waals surface area (Å²) in [5.41, 5.74) is 1.52. The zero-order valence-corrected chi connectivity index (χ0v) is 8.96. The first kappa shape index (κ1) is 11.7. The smallest absolute Gasteiger partial charge is 0.221 e. The van der Waals surface area contributed by atoms with Crippen molar-refractivity contribution in [2.45, 2.75) is 13.0 Å². The summed E-state index contributed by atoms with van der Waals surface area (Å²) in [6.07, 6.45) is 1.10. The van der Waals surface area contributed by atoms with Crippen molar-refractivity contribution in [3.8, 4) is 0 Å². The van der Waals surface area contributed by atoms with E-state index in [9.17, 15) is 9.59 Å². The molecule has 3 nitrogen and oxygen atoms in total. The maximum atomic E-state index is 11.1. The van der Waals surface area contributed by atoms with Gasteiger partial charge < -0.3 is 5.32 Å². The Morgan fingerprint density at radius 2 is 2.27 bits per heavy atom. The van der Waals surface area contributed by atoms with Gasteiger partial charge in [-0.1, -0.05) is 18.2 Å². The summed E-state index contributed by atoms with van der Waals surface area (Å²) in [5.74, 6) is 0.238. The lowest BCUT2D eigenvalue weighted by Gasteiger charge is -2.04. The van der Waals surface area contributed by atoms with E-state index in [4.69, 9.17) is 11.6 Å². The minimum atomic E-state index is -0.0819. The van der Waals surface area contributed by atoms with Gasteiger partial charge in [0.2, 0.25) is 5.91 Å². The van der Waals surface area contributed by atoms with Gasteiger partial charge in [0.1, 0.15) is 6.29 Å². The summed E-state index contributed by atoms with van der Waals surface area (Å²) >= 11 is 5.42. The third kappa shape index (κ3) is 4.13. The number of hydrogen-bond acceptors (Lipinski definition) is 2. The van der Waals surface area contributed by atoms with Crippen LogP contribution < -0.4 is 5.32 Å². The number of halogens is 1. The van der Waals surface area contributed by atoms with Gasteiger partial charge in [-0.2, -0.15) is 0 Å². The molecule has 15 heavy (non-hydrogen) atoms. The number of hydrogen-bond donors (Lipinski definition) is 1. The SMILES string of the molecule is O=Cc1cccc(CNC(=O)CCCl)c1. The second kappa shape index (κ2) is 6.19. The maximum Gasteiger partial charge on any atom is 0.221 e. The summed E-state index contributed by atoms with van der Waals surface area (Å²) in [4.78, 5) is 21.6. The topological polar surface area (TPSA) is 46.2 Å². The van der Waals surface area contributed by atoms with Crippen molar-refractivity contribution >= 4 is 23.8 Å². The van der Waals surface area contributed by atoms with Gasteiger partial charge in [0.05, 0.1) is 0 Å². The van der Waals surface area contributed by atoms with Crippen LogP contribution in [0.2, 0.25) is 0 Å². The Labute approximate surface area is 93.4 Å². The Bertz CT molecular complexity index is 352. The van der Waals surface area contributed by atoms with E-state index < -0.39 is 0 Å². The molecule has 0 aliphatic heterocycles. The highest BCUT2D eigenvalue weighted by molar-refractivity contribution is 6.18. The van der Waals surface area contributed by atoms with Gasteiger partial charge >= 0.3 is 0 Å². The Kier molecular flexibility index (Phi) is 4.84. The van der Waals surface area contributed by atoms with E-state index in [1.165, 1.54) is 0 Å². The van der Waals surface area contributed by atoms with Crippen molar-refractivity contribution in [3.63, 3.8) is 0 Å². The Balaban J connectivity index is 2.50. The van der Waals surface area contributed by atoms with Gasteiger partial charge in [-0.25, -0.2) is 0 Å². The van der Waals surface area contributed by atoms with E-state index in [-0.39, 0.29) is 5.91 Å². The van der Waals surface area contributed by atoms with Gasteiger partial charge in [-0.3, -0.25) is 9.59 Å².